The number of hydrogen-bond acceptors (Lipinski definition) is 7. The van der Waals surface area contributed by atoms with E-state index in [1.165, 1.54) is 7.11 Å². The monoisotopic (exact) mass is 454 g/mol. The van der Waals surface area contributed by atoms with Crippen molar-refractivity contribution in [1.29, 1.82) is 0 Å². The number of hydrogen-bond donors (Lipinski definition) is 3. The number of urea groups is 1. The molecule has 3 heterocycles. The van der Waals surface area contributed by atoms with Gasteiger partial charge in [-0.2, -0.15) is 18.2 Å². The summed E-state index contributed by atoms with van der Waals surface area (Å²) in [5.41, 5.74) is 5.23. The highest BCUT2D eigenvalue weighted by Gasteiger charge is 2.48. The standard InChI is InChI=1S/C20H22F3N5O4/c1-32-6-4-25-15-8-17(26-9-14(15)20(21,22)23)28(19(24)31)5-2-3-12-7-13(10-29)16(11-30)27-18(12)28/h7-9,11,29H,2-6,10H2,1H3,(H2-,24,25,26,31)/p+1. The third-order valence-corrected chi connectivity index (χ3v) is 5.36. The molecule has 1 aliphatic heterocycles. The molecule has 0 fully saturated rings. The molecule has 0 aliphatic carbocycles. The lowest BCUT2D eigenvalue weighted by atomic mass is 9.99. The summed E-state index contributed by atoms with van der Waals surface area (Å²) in [7, 11) is 1.42. The van der Waals surface area contributed by atoms with Crippen LogP contribution in [0.5, 0.6) is 0 Å². The second-order valence-electron chi connectivity index (χ2n) is 7.27. The molecule has 0 spiro atoms. The normalized spacial score (nSPS) is 18.2. The fraction of sp³-hybridized carbons (Fsp3) is 0.400. The number of nitrogens with two attached hydrogens (primary N) is 1. The van der Waals surface area contributed by atoms with Gasteiger partial charge >= 0.3 is 12.2 Å². The van der Waals surface area contributed by atoms with Crippen LogP contribution in [0.4, 0.5) is 35.3 Å². The van der Waals surface area contributed by atoms with E-state index in [-0.39, 0.29) is 48.3 Å². The van der Waals surface area contributed by atoms with E-state index >= 15 is 0 Å². The summed E-state index contributed by atoms with van der Waals surface area (Å²) in [6, 6.07) is 1.78. The van der Waals surface area contributed by atoms with Crippen molar-refractivity contribution in [1.82, 2.24) is 14.5 Å². The van der Waals surface area contributed by atoms with E-state index in [1.807, 2.05) is 0 Å². The number of halogens is 3. The van der Waals surface area contributed by atoms with E-state index in [0.717, 1.165) is 6.07 Å². The summed E-state index contributed by atoms with van der Waals surface area (Å²) in [6.45, 7) is -0.0929. The number of rotatable bonds is 7. The molecule has 9 nitrogen and oxygen atoms in total. The van der Waals surface area contributed by atoms with Crippen molar-refractivity contribution >= 4 is 29.6 Å². The Hall–Kier alpha value is -3.09. The third-order valence-electron chi connectivity index (χ3n) is 5.36. The fourth-order valence-corrected chi connectivity index (χ4v) is 3.83. The lowest BCUT2D eigenvalue weighted by molar-refractivity contribution is -0.137. The van der Waals surface area contributed by atoms with Crippen molar-refractivity contribution in [3.8, 4) is 0 Å². The highest BCUT2D eigenvalue weighted by Crippen LogP contribution is 2.43. The number of aryl methyl sites for hydroxylation is 1. The number of nitrogens with one attached hydrogen (secondary N) is 1. The number of methoxy groups -OCH3 is 1. The smallest absolute Gasteiger partial charge is 0.392 e. The van der Waals surface area contributed by atoms with Crippen LogP contribution in [0.25, 0.3) is 0 Å². The number of carbonyl (C=O) groups excluding carboxylic acids is 2. The molecule has 3 rings (SSSR count). The zero-order valence-corrected chi connectivity index (χ0v) is 17.3. The molecule has 12 heteroatoms. The van der Waals surface area contributed by atoms with Crippen molar-refractivity contribution in [2.75, 3.05) is 32.1 Å². The Morgan fingerprint density at radius 1 is 1.41 bits per heavy atom. The van der Waals surface area contributed by atoms with E-state index < -0.39 is 28.9 Å². The molecule has 1 unspecified atom stereocenters. The predicted octanol–water partition coefficient (Wildman–Crippen LogP) is 2.52. The number of fused-ring (bicyclic) bond motifs is 1. The molecule has 1 atom stereocenters. The Kier molecular flexibility index (Phi) is 6.77. The molecule has 4 N–H and O–H groups in total. The van der Waals surface area contributed by atoms with Crippen LogP contribution in [-0.2, 0) is 23.9 Å². The van der Waals surface area contributed by atoms with Gasteiger partial charge in [0.1, 0.15) is 12.2 Å². The minimum Gasteiger partial charge on any atom is -0.392 e. The first-order valence-corrected chi connectivity index (χ1v) is 9.77. The predicted molar refractivity (Wildman–Crippen MR) is 109 cm³/mol. The van der Waals surface area contributed by atoms with Crippen molar-refractivity contribution in [2.45, 2.75) is 25.6 Å². The summed E-state index contributed by atoms with van der Waals surface area (Å²) in [6.07, 6.45) is -2.66. The van der Waals surface area contributed by atoms with Gasteiger partial charge in [-0.05, 0) is 12.5 Å². The van der Waals surface area contributed by atoms with E-state index in [1.54, 1.807) is 6.07 Å². The number of carbonyl (C=O) groups is 2. The van der Waals surface area contributed by atoms with Gasteiger partial charge in [0.25, 0.3) is 0 Å². The van der Waals surface area contributed by atoms with Crippen molar-refractivity contribution in [3.63, 3.8) is 0 Å². The molecule has 0 bridgehead atoms. The number of alkyl halides is 3. The average Bonchev–Trinajstić information content (AvgIpc) is 2.76. The number of anilines is 1. The van der Waals surface area contributed by atoms with Gasteiger partial charge in [0, 0.05) is 43.5 Å². The zero-order valence-electron chi connectivity index (χ0n) is 17.3. The first-order chi connectivity index (χ1) is 15.2. The molecule has 32 heavy (non-hydrogen) atoms. The number of quaternary nitrogens is 1. The SMILES string of the molecule is COCCNc1cc([N+]2(C(N)=O)CCCc3cc(CO)c(C=O)nc32)ncc1C(F)(F)F. The quantitative estimate of drug-likeness (QED) is 0.333. The maximum absolute atomic E-state index is 13.5. The summed E-state index contributed by atoms with van der Waals surface area (Å²) in [5.74, 6) is 0.0469. The van der Waals surface area contributed by atoms with E-state index in [0.29, 0.717) is 30.9 Å². The second kappa shape index (κ2) is 9.18. The minimum atomic E-state index is -4.68. The molecule has 0 saturated heterocycles. The van der Waals surface area contributed by atoms with Crippen molar-refractivity contribution < 1.29 is 32.6 Å². The van der Waals surface area contributed by atoms with E-state index in [4.69, 9.17) is 10.5 Å². The minimum absolute atomic E-state index is 0.0625. The summed E-state index contributed by atoms with van der Waals surface area (Å²) in [4.78, 5) is 32.5. The Morgan fingerprint density at radius 2 is 2.16 bits per heavy atom. The number of aldehydes is 1. The number of primary amides is 1. The number of aliphatic hydroxyl groups excluding tert-OH is 1. The maximum Gasteiger partial charge on any atom is 0.426 e. The number of ether oxygens (including phenoxy) is 1. The van der Waals surface area contributed by atoms with Crippen LogP contribution in [0.3, 0.4) is 0 Å². The molecular formula is C20H23F3N5O4+. The Balaban J connectivity index is 2.23. The highest BCUT2D eigenvalue weighted by atomic mass is 19.4. The number of aromatic nitrogens is 2. The van der Waals surface area contributed by atoms with Gasteiger partial charge in [0.15, 0.2) is 6.29 Å². The van der Waals surface area contributed by atoms with Crippen molar-refractivity contribution in [2.24, 2.45) is 5.73 Å². The van der Waals surface area contributed by atoms with Crippen molar-refractivity contribution in [3.05, 3.63) is 40.7 Å². The van der Waals surface area contributed by atoms with Crippen LogP contribution in [0, 0.1) is 0 Å². The largest absolute Gasteiger partial charge is 0.426 e. The van der Waals surface area contributed by atoms with Crippen LogP contribution < -0.4 is 15.5 Å². The molecule has 172 valence electrons. The van der Waals surface area contributed by atoms with Gasteiger partial charge in [-0.1, -0.05) is 0 Å². The highest BCUT2D eigenvalue weighted by molar-refractivity contribution is 5.93. The van der Waals surface area contributed by atoms with Crippen LogP contribution >= 0.6 is 0 Å². The molecule has 0 saturated carbocycles. The number of amides is 2. The molecule has 2 aromatic rings. The lowest BCUT2D eigenvalue weighted by Crippen LogP contribution is -2.56. The van der Waals surface area contributed by atoms with E-state index in [2.05, 4.69) is 15.3 Å². The first-order valence-electron chi connectivity index (χ1n) is 9.77. The number of nitrogens with zero attached hydrogens (tertiary/aromatic N) is 3. The van der Waals surface area contributed by atoms with Gasteiger partial charge in [0.2, 0.25) is 11.6 Å². The van der Waals surface area contributed by atoms with Gasteiger partial charge in [-0.3, -0.25) is 4.79 Å². The lowest BCUT2D eigenvalue weighted by Gasteiger charge is -2.35. The molecule has 0 radical (unpaired) electrons. The number of pyridine rings is 2. The average molecular weight is 454 g/mol. The Bertz CT molecular complexity index is 1030. The molecule has 0 aromatic carbocycles. The van der Waals surface area contributed by atoms with Crippen LogP contribution in [0.1, 0.15) is 33.6 Å². The van der Waals surface area contributed by atoms with Crippen LogP contribution in [0.15, 0.2) is 18.3 Å². The van der Waals surface area contributed by atoms with Gasteiger partial charge in [0.05, 0.1) is 24.5 Å². The van der Waals surface area contributed by atoms with Gasteiger partial charge < -0.3 is 20.9 Å². The topological polar surface area (TPSA) is 127 Å². The Labute approximate surface area is 181 Å². The summed E-state index contributed by atoms with van der Waals surface area (Å²) >= 11 is 0. The molecule has 1 aliphatic rings. The summed E-state index contributed by atoms with van der Waals surface area (Å²) in [5, 5.41) is 12.2. The maximum atomic E-state index is 13.5. The number of aliphatic hydroxyl groups is 1. The van der Waals surface area contributed by atoms with Gasteiger partial charge in [-0.15, -0.1) is 4.48 Å². The molecular weight excluding hydrogens is 431 g/mol. The van der Waals surface area contributed by atoms with Crippen LogP contribution in [-0.4, -0.2) is 54.2 Å². The zero-order chi connectivity index (χ0) is 23.5. The molecule has 2 amide bonds. The third kappa shape index (κ3) is 4.16. The summed E-state index contributed by atoms with van der Waals surface area (Å²) < 4.78 is 44.7. The van der Waals surface area contributed by atoms with Crippen LogP contribution in [0.2, 0.25) is 0 Å². The van der Waals surface area contributed by atoms with Gasteiger partial charge in [-0.25, -0.2) is 9.78 Å². The second-order valence-corrected chi connectivity index (χ2v) is 7.27. The molecule has 2 aromatic heterocycles. The van der Waals surface area contributed by atoms with E-state index in [9.17, 15) is 27.9 Å². The Morgan fingerprint density at radius 3 is 2.75 bits per heavy atom. The first kappa shape index (κ1) is 23.6. The fourth-order valence-electron chi connectivity index (χ4n) is 3.83.